The van der Waals surface area contributed by atoms with Crippen LogP contribution in [0.2, 0.25) is 0 Å². The molecule has 3 unspecified atom stereocenters. The molecule has 0 spiro atoms. The molecule has 3 nitrogen and oxygen atoms in total. The molecule has 17 heavy (non-hydrogen) atoms. The van der Waals surface area contributed by atoms with Gasteiger partial charge in [-0.05, 0) is 49.4 Å². The Labute approximate surface area is 102 Å². The molecular weight excluding hydrogens is 212 g/mol. The van der Waals surface area contributed by atoms with Gasteiger partial charge >= 0.3 is 0 Å². The van der Waals surface area contributed by atoms with Gasteiger partial charge in [0.2, 0.25) is 0 Å². The van der Waals surface area contributed by atoms with Gasteiger partial charge in [0.05, 0.1) is 6.10 Å². The van der Waals surface area contributed by atoms with Gasteiger partial charge in [0, 0.05) is 30.4 Å². The zero-order valence-corrected chi connectivity index (χ0v) is 10.3. The van der Waals surface area contributed by atoms with E-state index in [-0.39, 0.29) is 6.10 Å². The van der Waals surface area contributed by atoms with Gasteiger partial charge in [-0.25, -0.2) is 0 Å². The predicted molar refractivity (Wildman–Crippen MR) is 70.0 cm³/mol. The van der Waals surface area contributed by atoms with Gasteiger partial charge in [0.25, 0.3) is 0 Å². The number of aliphatic hydroxyl groups excluding tert-OH is 1. The van der Waals surface area contributed by atoms with E-state index in [1.54, 1.807) is 0 Å². The molecule has 1 saturated heterocycles. The molecule has 0 amide bonds. The molecule has 0 radical (unpaired) electrons. The van der Waals surface area contributed by atoms with Crippen molar-refractivity contribution in [1.82, 2.24) is 0 Å². The average Bonchev–Trinajstić information content (AvgIpc) is 2.80. The normalized spacial score (nSPS) is 31.9. The second-order valence-corrected chi connectivity index (χ2v) is 5.58. The van der Waals surface area contributed by atoms with Crippen LogP contribution in [0.1, 0.15) is 18.4 Å². The molecular formula is C14H20N2O. The maximum Gasteiger partial charge on any atom is 0.0588 e. The Kier molecular flexibility index (Phi) is 2.51. The van der Waals surface area contributed by atoms with Gasteiger partial charge < -0.3 is 15.7 Å². The van der Waals surface area contributed by atoms with E-state index in [9.17, 15) is 5.11 Å². The third kappa shape index (κ3) is 1.89. The second-order valence-electron chi connectivity index (χ2n) is 5.58. The van der Waals surface area contributed by atoms with Gasteiger partial charge in [-0.3, -0.25) is 0 Å². The number of fused-ring (bicyclic) bond motifs is 1. The Morgan fingerprint density at radius 1 is 1.24 bits per heavy atom. The molecule has 1 aliphatic carbocycles. The third-order valence-corrected chi connectivity index (χ3v) is 4.27. The predicted octanol–water partition coefficient (Wildman–Crippen LogP) is 1.78. The van der Waals surface area contributed by atoms with Crippen LogP contribution in [0, 0.1) is 18.8 Å². The Hall–Kier alpha value is -1.22. The Morgan fingerprint density at radius 3 is 2.76 bits per heavy atom. The summed E-state index contributed by atoms with van der Waals surface area (Å²) in [6.45, 7) is 4.13. The molecule has 3 N–H and O–H groups in total. The van der Waals surface area contributed by atoms with E-state index in [4.69, 9.17) is 5.73 Å². The number of rotatable bonds is 1. The highest BCUT2D eigenvalue weighted by atomic mass is 16.3. The van der Waals surface area contributed by atoms with Crippen LogP contribution >= 0.6 is 0 Å². The lowest BCUT2D eigenvalue weighted by molar-refractivity contribution is 0.133. The highest BCUT2D eigenvalue weighted by Crippen LogP contribution is 2.40. The molecule has 1 aromatic carbocycles. The number of nitrogens with zero attached hydrogens (tertiary/aromatic N) is 1. The van der Waals surface area contributed by atoms with E-state index in [1.165, 1.54) is 17.7 Å². The summed E-state index contributed by atoms with van der Waals surface area (Å²) in [6.07, 6.45) is 2.06. The van der Waals surface area contributed by atoms with Crippen molar-refractivity contribution in [2.24, 2.45) is 11.8 Å². The van der Waals surface area contributed by atoms with Gasteiger partial charge in [0.15, 0.2) is 0 Å². The summed E-state index contributed by atoms with van der Waals surface area (Å²) < 4.78 is 0. The molecule has 0 bridgehead atoms. The van der Waals surface area contributed by atoms with Crippen LogP contribution < -0.4 is 10.6 Å². The van der Waals surface area contributed by atoms with Gasteiger partial charge in [-0.15, -0.1) is 0 Å². The number of nitrogen functional groups attached to an aromatic ring is 1. The van der Waals surface area contributed by atoms with E-state index in [2.05, 4.69) is 17.9 Å². The van der Waals surface area contributed by atoms with Crippen LogP contribution in [0.5, 0.6) is 0 Å². The summed E-state index contributed by atoms with van der Waals surface area (Å²) in [5.41, 5.74) is 9.14. The fourth-order valence-electron chi connectivity index (χ4n) is 3.42. The van der Waals surface area contributed by atoms with Crippen molar-refractivity contribution >= 4 is 11.4 Å². The summed E-state index contributed by atoms with van der Waals surface area (Å²) in [7, 11) is 0. The highest BCUT2D eigenvalue weighted by molar-refractivity contribution is 5.59. The van der Waals surface area contributed by atoms with E-state index >= 15 is 0 Å². The topological polar surface area (TPSA) is 49.5 Å². The fraction of sp³-hybridized carbons (Fsp3) is 0.571. The van der Waals surface area contributed by atoms with Gasteiger partial charge in [-0.1, -0.05) is 0 Å². The molecule has 2 fully saturated rings. The summed E-state index contributed by atoms with van der Waals surface area (Å²) >= 11 is 0. The summed E-state index contributed by atoms with van der Waals surface area (Å²) in [6, 6.07) is 6.22. The smallest absolute Gasteiger partial charge is 0.0588 e. The van der Waals surface area contributed by atoms with Crippen molar-refractivity contribution in [2.45, 2.75) is 25.9 Å². The Bertz CT molecular complexity index is 412. The number of benzene rings is 1. The van der Waals surface area contributed by atoms with Crippen molar-refractivity contribution < 1.29 is 5.11 Å². The number of hydrogen-bond acceptors (Lipinski definition) is 3. The fourth-order valence-corrected chi connectivity index (χ4v) is 3.42. The Morgan fingerprint density at radius 2 is 2.06 bits per heavy atom. The van der Waals surface area contributed by atoms with Crippen molar-refractivity contribution in [2.75, 3.05) is 23.7 Å². The molecule has 1 saturated carbocycles. The zero-order valence-electron chi connectivity index (χ0n) is 10.3. The number of aliphatic hydroxyl groups is 1. The SMILES string of the molecule is Cc1cc(N)cc(N2CC3CCC(O)C3C2)c1. The van der Waals surface area contributed by atoms with Crippen molar-refractivity contribution in [3.8, 4) is 0 Å². The largest absolute Gasteiger partial charge is 0.399 e. The van der Waals surface area contributed by atoms with Crippen molar-refractivity contribution in [3.05, 3.63) is 23.8 Å². The first-order valence-corrected chi connectivity index (χ1v) is 6.43. The molecule has 3 rings (SSSR count). The monoisotopic (exact) mass is 232 g/mol. The first kappa shape index (κ1) is 10.9. The molecule has 3 atom stereocenters. The molecule has 2 aliphatic rings. The third-order valence-electron chi connectivity index (χ3n) is 4.27. The minimum Gasteiger partial charge on any atom is -0.399 e. The van der Waals surface area contributed by atoms with Crippen molar-refractivity contribution in [3.63, 3.8) is 0 Å². The van der Waals surface area contributed by atoms with E-state index in [1.807, 2.05) is 12.1 Å². The van der Waals surface area contributed by atoms with Gasteiger partial charge in [-0.2, -0.15) is 0 Å². The van der Waals surface area contributed by atoms with Crippen LogP contribution in [0.15, 0.2) is 18.2 Å². The lowest BCUT2D eigenvalue weighted by atomic mass is 10.00. The molecule has 1 heterocycles. The quantitative estimate of drug-likeness (QED) is 0.726. The Balaban J connectivity index is 1.82. The summed E-state index contributed by atoms with van der Waals surface area (Å²) in [5.74, 6) is 1.14. The van der Waals surface area contributed by atoms with Crippen LogP contribution in [-0.4, -0.2) is 24.3 Å². The van der Waals surface area contributed by atoms with Crippen LogP contribution in [0.4, 0.5) is 11.4 Å². The highest BCUT2D eigenvalue weighted by Gasteiger charge is 2.41. The number of anilines is 2. The maximum absolute atomic E-state index is 9.92. The van der Waals surface area contributed by atoms with Crippen LogP contribution in [0.3, 0.4) is 0 Å². The second kappa shape index (κ2) is 3.91. The maximum atomic E-state index is 9.92. The molecule has 0 aromatic heterocycles. The van der Waals surface area contributed by atoms with Crippen molar-refractivity contribution in [1.29, 1.82) is 0 Å². The first-order chi connectivity index (χ1) is 8.13. The molecule has 1 aromatic rings. The summed E-state index contributed by atoms with van der Waals surface area (Å²) in [5, 5.41) is 9.92. The zero-order chi connectivity index (χ0) is 12.0. The van der Waals surface area contributed by atoms with E-state index in [0.717, 1.165) is 25.2 Å². The molecule has 92 valence electrons. The lowest BCUT2D eigenvalue weighted by Gasteiger charge is -2.21. The molecule has 3 heteroatoms. The minimum absolute atomic E-state index is 0.0906. The summed E-state index contributed by atoms with van der Waals surface area (Å²) in [4.78, 5) is 2.38. The van der Waals surface area contributed by atoms with Crippen LogP contribution in [0.25, 0.3) is 0 Å². The number of aryl methyl sites for hydroxylation is 1. The average molecular weight is 232 g/mol. The first-order valence-electron chi connectivity index (χ1n) is 6.43. The standard InChI is InChI=1S/C14H20N2O/c1-9-4-11(15)6-12(5-9)16-7-10-2-3-14(17)13(10)8-16/h4-6,10,13-14,17H,2-3,7-8,15H2,1H3. The van der Waals surface area contributed by atoms with Gasteiger partial charge in [0.1, 0.15) is 0 Å². The number of hydrogen-bond donors (Lipinski definition) is 2. The molecule has 1 aliphatic heterocycles. The van der Waals surface area contributed by atoms with Crippen LogP contribution in [-0.2, 0) is 0 Å². The lowest BCUT2D eigenvalue weighted by Crippen LogP contribution is -2.24. The van der Waals surface area contributed by atoms with E-state index < -0.39 is 0 Å². The van der Waals surface area contributed by atoms with E-state index in [0.29, 0.717) is 11.8 Å². The number of nitrogens with two attached hydrogens (primary N) is 1. The minimum atomic E-state index is -0.0906.